The number of hydrogen-bond donors (Lipinski definition) is 0. The van der Waals surface area contributed by atoms with Crippen LogP contribution in [0, 0.1) is 0 Å². The Morgan fingerprint density at radius 3 is 1.58 bits per heavy atom. The molecule has 1 heterocycles. The Morgan fingerprint density at radius 2 is 0.817 bits per heavy atom. The monoisotopic (exact) mass is 764 g/mol. The van der Waals surface area contributed by atoms with Gasteiger partial charge in [-0.1, -0.05) is 188 Å². The largest absolute Gasteiger partial charge is 0.310 e. The van der Waals surface area contributed by atoms with Crippen molar-refractivity contribution in [3.05, 3.63) is 243 Å². The molecule has 2 heteroatoms. The maximum Gasteiger partial charge on any atom is 0.0547 e. The van der Waals surface area contributed by atoms with E-state index < -0.39 is 0 Å². The van der Waals surface area contributed by atoms with Crippen molar-refractivity contribution in [1.29, 1.82) is 0 Å². The van der Waals surface area contributed by atoms with Crippen molar-refractivity contribution in [2.75, 3.05) is 4.90 Å². The van der Waals surface area contributed by atoms with Gasteiger partial charge in [0.25, 0.3) is 0 Å². The molecule has 0 amide bonds. The normalized spacial score (nSPS) is 11.3. The predicted octanol–water partition coefficient (Wildman–Crippen LogP) is 16.1. The lowest BCUT2D eigenvalue weighted by Gasteiger charge is -2.29. The molecule has 0 aliphatic rings. The Kier molecular flexibility index (Phi) is 8.87. The van der Waals surface area contributed by atoms with Gasteiger partial charge in [-0.05, 0) is 104 Å². The first-order valence-corrected chi connectivity index (χ1v) is 20.6. The third kappa shape index (κ3) is 6.23. The summed E-state index contributed by atoms with van der Waals surface area (Å²) in [5, 5.41) is 4.93. The zero-order chi connectivity index (χ0) is 39.8. The minimum absolute atomic E-state index is 1.09. The van der Waals surface area contributed by atoms with E-state index in [2.05, 4.69) is 252 Å². The van der Waals surface area contributed by atoms with E-state index in [0.717, 1.165) is 28.3 Å². The number of aromatic nitrogens is 1. The molecule has 2 nitrogen and oxygen atoms in total. The van der Waals surface area contributed by atoms with Crippen LogP contribution in [0.2, 0.25) is 0 Å². The van der Waals surface area contributed by atoms with Gasteiger partial charge in [-0.3, -0.25) is 0 Å². The maximum atomic E-state index is 2.42. The lowest BCUT2D eigenvalue weighted by Crippen LogP contribution is -2.11. The molecule has 0 atom stereocenters. The molecule has 0 fully saturated rings. The molecule has 0 unspecified atom stereocenters. The first-order chi connectivity index (χ1) is 29.8. The fourth-order valence-corrected chi connectivity index (χ4v) is 8.99. The summed E-state index contributed by atoms with van der Waals surface area (Å²) in [6.07, 6.45) is 0. The molecular weight excluding hydrogens is 725 g/mol. The van der Waals surface area contributed by atoms with Crippen LogP contribution in [0.15, 0.2) is 243 Å². The summed E-state index contributed by atoms with van der Waals surface area (Å²) in [6.45, 7) is 0. The molecule has 11 rings (SSSR count). The molecule has 11 aromatic rings. The average molecular weight is 765 g/mol. The summed E-state index contributed by atoms with van der Waals surface area (Å²) in [4.78, 5) is 2.42. The van der Waals surface area contributed by atoms with Gasteiger partial charge in [0.1, 0.15) is 0 Å². The number of rotatable bonds is 8. The van der Waals surface area contributed by atoms with E-state index in [1.165, 1.54) is 71.5 Å². The highest BCUT2D eigenvalue weighted by Crippen LogP contribution is 2.46. The number of benzene rings is 10. The van der Waals surface area contributed by atoms with Gasteiger partial charge in [-0.15, -0.1) is 0 Å². The second-order valence-corrected chi connectivity index (χ2v) is 15.3. The highest BCUT2D eigenvalue weighted by atomic mass is 15.1. The van der Waals surface area contributed by atoms with Crippen LogP contribution < -0.4 is 4.90 Å². The molecule has 0 saturated heterocycles. The van der Waals surface area contributed by atoms with Gasteiger partial charge in [0.15, 0.2) is 0 Å². The average Bonchev–Trinajstić information content (AvgIpc) is 3.66. The number of anilines is 3. The Bertz CT molecular complexity index is 3310. The van der Waals surface area contributed by atoms with Gasteiger partial charge in [0.05, 0.1) is 16.7 Å². The topological polar surface area (TPSA) is 8.17 Å². The minimum Gasteiger partial charge on any atom is -0.310 e. The smallest absolute Gasteiger partial charge is 0.0547 e. The Hall–Kier alpha value is -7.94. The third-order valence-electron chi connectivity index (χ3n) is 11.8. The SMILES string of the molecule is c1ccc(-c2ccccc2-c2ccccc2-c2ccccc2N(c2ccc(-c3ccc4c5ccccc5n(-c5ccccc5)c4c3)cc2)c2ccc3ccccc3c2)cc1. The summed E-state index contributed by atoms with van der Waals surface area (Å²) in [7, 11) is 0. The minimum atomic E-state index is 1.09. The second kappa shape index (κ2) is 15.1. The number of fused-ring (bicyclic) bond motifs is 4. The van der Waals surface area contributed by atoms with Gasteiger partial charge >= 0.3 is 0 Å². The van der Waals surface area contributed by atoms with Crippen LogP contribution in [0.25, 0.3) is 82.8 Å². The van der Waals surface area contributed by atoms with E-state index in [0.29, 0.717) is 0 Å². The standard InChI is InChI=1S/C58H40N2/c1-3-18-43(19-4-1)49-23-9-10-24-50(49)51-25-11-12-26-52(51)53-27-13-15-29-56(53)59(48-37-33-41-17-7-8-20-44(41)39-48)47-35-31-42(32-36-47)45-34-38-55-54-28-14-16-30-57(54)60(58(55)40-45)46-21-5-2-6-22-46/h1-40H. The van der Waals surface area contributed by atoms with Crippen molar-refractivity contribution in [2.45, 2.75) is 0 Å². The van der Waals surface area contributed by atoms with Crippen molar-refractivity contribution in [1.82, 2.24) is 4.57 Å². The molecule has 0 spiro atoms. The van der Waals surface area contributed by atoms with Gasteiger partial charge < -0.3 is 9.47 Å². The van der Waals surface area contributed by atoms with E-state index in [1.54, 1.807) is 0 Å². The lowest BCUT2D eigenvalue weighted by molar-refractivity contribution is 1.18. The molecule has 1 aromatic heterocycles. The zero-order valence-electron chi connectivity index (χ0n) is 33.0. The van der Waals surface area contributed by atoms with E-state index in [-0.39, 0.29) is 0 Å². The summed E-state index contributed by atoms with van der Waals surface area (Å²) in [5.74, 6) is 0. The molecule has 0 bridgehead atoms. The van der Waals surface area contributed by atoms with Gasteiger partial charge in [0, 0.05) is 33.4 Å². The van der Waals surface area contributed by atoms with E-state index in [4.69, 9.17) is 0 Å². The Balaban J connectivity index is 1.06. The van der Waals surface area contributed by atoms with Crippen molar-refractivity contribution in [3.8, 4) is 50.2 Å². The Morgan fingerprint density at radius 1 is 0.283 bits per heavy atom. The highest BCUT2D eigenvalue weighted by molar-refractivity contribution is 6.10. The summed E-state index contributed by atoms with van der Waals surface area (Å²) < 4.78 is 2.39. The van der Waals surface area contributed by atoms with Crippen LogP contribution in [-0.4, -0.2) is 4.57 Å². The van der Waals surface area contributed by atoms with Crippen molar-refractivity contribution in [2.24, 2.45) is 0 Å². The zero-order valence-corrected chi connectivity index (χ0v) is 33.0. The van der Waals surface area contributed by atoms with Crippen LogP contribution in [0.1, 0.15) is 0 Å². The quantitative estimate of drug-likeness (QED) is 0.150. The first kappa shape index (κ1) is 35.2. The van der Waals surface area contributed by atoms with Gasteiger partial charge in [0.2, 0.25) is 0 Å². The molecule has 0 radical (unpaired) electrons. The highest BCUT2D eigenvalue weighted by Gasteiger charge is 2.21. The molecule has 0 aliphatic carbocycles. The summed E-state index contributed by atoms with van der Waals surface area (Å²) >= 11 is 0. The van der Waals surface area contributed by atoms with E-state index in [9.17, 15) is 0 Å². The van der Waals surface area contributed by atoms with Crippen LogP contribution in [0.4, 0.5) is 17.1 Å². The van der Waals surface area contributed by atoms with Crippen molar-refractivity contribution >= 4 is 49.6 Å². The van der Waals surface area contributed by atoms with Gasteiger partial charge in [-0.25, -0.2) is 0 Å². The lowest BCUT2D eigenvalue weighted by atomic mass is 9.88. The van der Waals surface area contributed by atoms with E-state index >= 15 is 0 Å². The van der Waals surface area contributed by atoms with Crippen molar-refractivity contribution < 1.29 is 0 Å². The molecule has 0 aliphatic heterocycles. The molecule has 0 N–H and O–H groups in total. The third-order valence-corrected chi connectivity index (χ3v) is 11.8. The number of nitrogens with zero attached hydrogens (tertiary/aromatic N) is 2. The van der Waals surface area contributed by atoms with Crippen LogP contribution >= 0.6 is 0 Å². The number of hydrogen-bond acceptors (Lipinski definition) is 1. The fraction of sp³-hybridized carbons (Fsp3) is 0. The van der Waals surface area contributed by atoms with Gasteiger partial charge in [-0.2, -0.15) is 0 Å². The van der Waals surface area contributed by atoms with Crippen molar-refractivity contribution in [3.63, 3.8) is 0 Å². The second-order valence-electron chi connectivity index (χ2n) is 15.3. The van der Waals surface area contributed by atoms with Crippen LogP contribution in [0.5, 0.6) is 0 Å². The molecular formula is C58H40N2. The molecule has 282 valence electrons. The van der Waals surface area contributed by atoms with E-state index in [1.807, 2.05) is 0 Å². The molecule has 10 aromatic carbocycles. The molecule has 0 saturated carbocycles. The summed E-state index contributed by atoms with van der Waals surface area (Å²) in [6, 6.07) is 87.9. The number of para-hydroxylation sites is 3. The maximum absolute atomic E-state index is 2.42. The Labute approximate surface area is 350 Å². The van der Waals surface area contributed by atoms with Crippen LogP contribution in [0.3, 0.4) is 0 Å². The summed E-state index contributed by atoms with van der Waals surface area (Å²) in [5.41, 5.74) is 16.4. The predicted molar refractivity (Wildman–Crippen MR) is 255 cm³/mol. The fourth-order valence-electron chi connectivity index (χ4n) is 8.99. The first-order valence-electron chi connectivity index (χ1n) is 20.6. The van der Waals surface area contributed by atoms with Crippen LogP contribution in [-0.2, 0) is 0 Å². The molecule has 60 heavy (non-hydrogen) atoms.